The van der Waals surface area contributed by atoms with E-state index in [4.69, 9.17) is 9.15 Å². The molecule has 0 amide bonds. The maximum Gasteiger partial charge on any atom is 0.336 e. The Balaban J connectivity index is 1.53. The molecule has 0 unspecified atom stereocenters. The summed E-state index contributed by atoms with van der Waals surface area (Å²) < 4.78 is 12.5. The first-order chi connectivity index (χ1) is 18.0. The third-order valence-corrected chi connectivity index (χ3v) is 9.29. The largest absolute Gasteiger partial charge is 0.482 e. The van der Waals surface area contributed by atoms with Crippen LogP contribution in [-0.4, -0.2) is 5.60 Å². The standard InChI is InChI=1S/C32H22O3S2/c1-32(2)16-15-20-23(21-11-8-14-27-31(21)37-26-13-7-6-12-25(26)36-27)17-24-29(30(20)35-32)22(18-28(33)34-24)19-9-4-3-5-10-19/h3-18H,1-2H3. The predicted molar refractivity (Wildman–Crippen MR) is 152 cm³/mol. The van der Waals surface area contributed by atoms with Crippen molar-refractivity contribution in [3.8, 4) is 28.0 Å². The van der Waals surface area contributed by atoms with Gasteiger partial charge in [-0.3, -0.25) is 0 Å². The lowest BCUT2D eigenvalue weighted by atomic mass is 9.90. The van der Waals surface area contributed by atoms with Crippen molar-refractivity contribution in [1.82, 2.24) is 0 Å². The minimum absolute atomic E-state index is 0.378. The van der Waals surface area contributed by atoms with Crippen molar-refractivity contribution in [2.24, 2.45) is 0 Å². The Labute approximate surface area is 223 Å². The van der Waals surface area contributed by atoms with Crippen LogP contribution in [0.25, 0.3) is 39.3 Å². The maximum absolute atomic E-state index is 12.8. The first kappa shape index (κ1) is 22.5. The van der Waals surface area contributed by atoms with Crippen LogP contribution in [0, 0.1) is 0 Å². The number of ether oxygens (including phenoxy) is 1. The van der Waals surface area contributed by atoms with Crippen molar-refractivity contribution < 1.29 is 9.15 Å². The summed E-state index contributed by atoms with van der Waals surface area (Å²) >= 11 is 3.58. The van der Waals surface area contributed by atoms with Crippen molar-refractivity contribution >= 4 is 40.6 Å². The Kier molecular flexibility index (Phi) is 5.14. The van der Waals surface area contributed by atoms with Gasteiger partial charge in [0, 0.05) is 36.8 Å². The summed E-state index contributed by atoms with van der Waals surface area (Å²) in [5.41, 5.74) is 4.50. The highest BCUT2D eigenvalue weighted by molar-refractivity contribution is 8.05. The molecule has 0 fully saturated rings. The predicted octanol–water partition coefficient (Wildman–Crippen LogP) is 8.93. The Bertz CT molecular complexity index is 1800. The van der Waals surface area contributed by atoms with Crippen LogP contribution in [-0.2, 0) is 0 Å². The molecule has 3 heterocycles. The van der Waals surface area contributed by atoms with Crippen LogP contribution < -0.4 is 10.4 Å². The SMILES string of the molecule is CC1(C)C=Cc2c(-c3cccc4c3Sc3ccccc3S4)cc3oc(=O)cc(-c4ccccc4)c3c2O1. The molecule has 7 rings (SSSR count). The van der Waals surface area contributed by atoms with E-state index < -0.39 is 5.60 Å². The van der Waals surface area contributed by atoms with E-state index in [1.807, 2.05) is 50.2 Å². The van der Waals surface area contributed by atoms with Gasteiger partial charge in [-0.15, -0.1) is 0 Å². The lowest BCUT2D eigenvalue weighted by molar-refractivity contribution is 0.161. The first-order valence-corrected chi connectivity index (χ1v) is 13.8. The lowest BCUT2D eigenvalue weighted by Crippen LogP contribution is -2.28. The average Bonchev–Trinajstić information content (AvgIpc) is 2.90. The van der Waals surface area contributed by atoms with Gasteiger partial charge in [-0.25, -0.2) is 4.79 Å². The van der Waals surface area contributed by atoms with Gasteiger partial charge >= 0.3 is 5.63 Å². The van der Waals surface area contributed by atoms with E-state index in [-0.39, 0.29) is 5.63 Å². The van der Waals surface area contributed by atoms with Crippen LogP contribution in [0.2, 0.25) is 0 Å². The Morgan fingerprint density at radius 2 is 1.46 bits per heavy atom. The number of benzene rings is 4. The second-order valence-corrected chi connectivity index (χ2v) is 11.8. The number of rotatable bonds is 2. The molecule has 0 spiro atoms. The van der Waals surface area contributed by atoms with Gasteiger partial charge in [0.2, 0.25) is 0 Å². The van der Waals surface area contributed by atoms with Crippen molar-refractivity contribution in [1.29, 1.82) is 0 Å². The van der Waals surface area contributed by atoms with Crippen LogP contribution >= 0.6 is 23.5 Å². The summed E-state index contributed by atoms with van der Waals surface area (Å²) in [6.07, 6.45) is 4.25. The first-order valence-electron chi connectivity index (χ1n) is 12.1. The van der Waals surface area contributed by atoms with Crippen LogP contribution in [0.5, 0.6) is 5.75 Å². The van der Waals surface area contributed by atoms with Gasteiger partial charge in [-0.05, 0) is 60.9 Å². The zero-order chi connectivity index (χ0) is 25.1. The van der Waals surface area contributed by atoms with Gasteiger partial charge < -0.3 is 9.15 Å². The fourth-order valence-corrected chi connectivity index (χ4v) is 7.39. The quantitative estimate of drug-likeness (QED) is 0.214. The van der Waals surface area contributed by atoms with E-state index in [1.54, 1.807) is 29.6 Å². The summed E-state index contributed by atoms with van der Waals surface area (Å²) in [4.78, 5) is 17.7. The monoisotopic (exact) mass is 518 g/mol. The Hall–Kier alpha value is -3.67. The molecule has 0 bridgehead atoms. The zero-order valence-electron chi connectivity index (χ0n) is 20.3. The van der Waals surface area contributed by atoms with E-state index in [0.29, 0.717) is 5.58 Å². The lowest BCUT2D eigenvalue weighted by Gasteiger charge is -2.31. The van der Waals surface area contributed by atoms with Crippen molar-refractivity contribution in [3.63, 3.8) is 0 Å². The molecule has 0 aliphatic carbocycles. The maximum atomic E-state index is 12.8. The van der Waals surface area contributed by atoms with Gasteiger partial charge in [0.15, 0.2) is 0 Å². The molecule has 3 nitrogen and oxygen atoms in total. The fraction of sp³-hybridized carbons (Fsp3) is 0.0938. The van der Waals surface area contributed by atoms with Crippen LogP contribution in [0.1, 0.15) is 19.4 Å². The minimum Gasteiger partial charge on any atom is -0.482 e. The topological polar surface area (TPSA) is 39.4 Å². The highest BCUT2D eigenvalue weighted by atomic mass is 32.2. The molecule has 4 aromatic carbocycles. The third-order valence-electron chi connectivity index (χ3n) is 6.68. The molecule has 180 valence electrons. The van der Waals surface area contributed by atoms with Crippen LogP contribution in [0.3, 0.4) is 0 Å². The van der Waals surface area contributed by atoms with Crippen LogP contribution in [0.15, 0.2) is 120 Å². The molecule has 0 saturated heterocycles. The van der Waals surface area contributed by atoms with Crippen molar-refractivity contribution in [2.45, 2.75) is 39.0 Å². The summed E-state index contributed by atoms with van der Waals surface area (Å²) in [6, 6.07) is 28.4. The average molecular weight is 519 g/mol. The van der Waals surface area contributed by atoms with E-state index in [1.165, 1.54) is 19.6 Å². The molecule has 0 N–H and O–H groups in total. The summed E-state index contributed by atoms with van der Waals surface area (Å²) in [7, 11) is 0. The molecular formula is C32H22O3S2. The highest BCUT2D eigenvalue weighted by Gasteiger charge is 2.30. The molecular weight excluding hydrogens is 496 g/mol. The van der Waals surface area contributed by atoms with E-state index in [2.05, 4.69) is 54.6 Å². The second-order valence-electron chi connectivity index (χ2n) is 9.71. The third kappa shape index (κ3) is 3.81. The Morgan fingerprint density at radius 3 is 2.27 bits per heavy atom. The number of hydrogen-bond donors (Lipinski definition) is 0. The van der Waals surface area contributed by atoms with E-state index >= 15 is 0 Å². The molecule has 2 aliphatic heterocycles. The van der Waals surface area contributed by atoms with Gasteiger partial charge in [-0.2, -0.15) is 0 Å². The van der Waals surface area contributed by atoms with Crippen molar-refractivity contribution in [2.75, 3.05) is 0 Å². The van der Waals surface area contributed by atoms with Crippen LogP contribution in [0.4, 0.5) is 0 Å². The number of fused-ring (bicyclic) bond motifs is 5. The second kappa shape index (κ2) is 8.44. The normalized spacial score (nSPS) is 15.0. The molecule has 2 aliphatic rings. The minimum atomic E-state index is -0.498. The number of hydrogen-bond acceptors (Lipinski definition) is 5. The molecule has 37 heavy (non-hydrogen) atoms. The fourth-order valence-electron chi connectivity index (χ4n) is 4.99. The Morgan fingerprint density at radius 1 is 0.730 bits per heavy atom. The molecule has 0 saturated carbocycles. The van der Waals surface area contributed by atoms with Gasteiger partial charge in [0.05, 0.1) is 5.39 Å². The summed E-state index contributed by atoms with van der Waals surface area (Å²) in [6.45, 7) is 4.08. The summed E-state index contributed by atoms with van der Waals surface area (Å²) in [5.74, 6) is 0.745. The molecule has 0 atom stereocenters. The van der Waals surface area contributed by atoms with Gasteiger partial charge in [0.1, 0.15) is 16.9 Å². The zero-order valence-corrected chi connectivity index (χ0v) is 21.9. The van der Waals surface area contributed by atoms with Crippen molar-refractivity contribution in [3.05, 3.63) is 107 Å². The molecule has 1 aromatic heterocycles. The molecule has 5 aromatic rings. The van der Waals surface area contributed by atoms with E-state index in [0.717, 1.165) is 39.0 Å². The smallest absolute Gasteiger partial charge is 0.336 e. The molecule has 0 radical (unpaired) electrons. The highest BCUT2D eigenvalue weighted by Crippen LogP contribution is 2.54. The molecule has 5 heteroatoms. The van der Waals surface area contributed by atoms with Gasteiger partial charge in [0.25, 0.3) is 0 Å². The summed E-state index contributed by atoms with van der Waals surface area (Å²) in [5, 5.41) is 0.819. The van der Waals surface area contributed by atoms with Gasteiger partial charge in [-0.1, -0.05) is 84.2 Å². The van der Waals surface area contributed by atoms with E-state index in [9.17, 15) is 4.79 Å².